The van der Waals surface area contributed by atoms with Gasteiger partial charge in [-0.05, 0) is 60.6 Å². The summed E-state index contributed by atoms with van der Waals surface area (Å²) in [7, 11) is -3.25. The fraction of sp³-hybridized carbons (Fsp3) is 0.318. The van der Waals surface area contributed by atoms with Gasteiger partial charge in [0.15, 0.2) is 0 Å². The first-order valence-corrected chi connectivity index (χ1v) is 11.1. The maximum absolute atomic E-state index is 12.2. The molecule has 0 radical (unpaired) electrons. The van der Waals surface area contributed by atoms with Gasteiger partial charge >= 0.3 is 0 Å². The van der Waals surface area contributed by atoms with Crippen LogP contribution in [-0.4, -0.2) is 29.3 Å². The normalized spacial score (nSPS) is 16.5. The number of nitrogens with zero attached hydrogens (tertiary/aromatic N) is 2. The minimum Gasteiger partial charge on any atom is -0.333 e. The van der Waals surface area contributed by atoms with E-state index in [1.807, 2.05) is 17.1 Å². The Hall–Kier alpha value is -2.44. The van der Waals surface area contributed by atoms with Crippen molar-refractivity contribution < 1.29 is 8.42 Å². The lowest BCUT2D eigenvalue weighted by Crippen LogP contribution is -2.39. The fourth-order valence-corrected chi connectivity index (χ4v) is 4.59. The first-order chi connectivity index (χ1) is 13.4. The Balaban J connectivity index is 1.53. The Morgan fingerprint density at radius 2 is 1.89 bits per heavy atom. The summed E-state index contributed by atoms with van der Waals surface area (Å²) in [5.74, 6) is 0. The Morgan fingerprint density at radius 1 is 1.11 bits per heavy atom. The summed E-state index contributed by atoms with van der Waals surface area (Å²) in [5, 5.41) is -0.412. The standard InChI is InChI=1S/C22H25N3O2S/c1-16(2)28(26,27)24-22-12-20-7-6-19(11-21(20)13-22)18-5-3-4-17(10-18)14-25-9-8-23-15-25/h3-11,15-16,22,24H,12-14H2,1-2H3. The predicted octanol–water partition coefficient (Wildman–Crippen LogP) is 3.39. The molecule has 2 aromatic carbocycles. The molecule has 1 N–H and O–H groups in total. The van der Waals surface area contributed by atoms with Crippen LogP contribution in [0.2, 0.25) is 0 Å². The van der Waals surface area contributed by atoms with E-state index in [9.17, 15) is 8.42 Å². The van der Waals surface area contributed by atoms with Gasteiger partial charge in [0.25, 0.3) is 0 Å². The van der Waals surface area contributed by atoms with Crippen LogP contribution in [0.4, 0.5) is 0 Å². The molecule has 6 heteroatoms. The zero-order valence-electron chi connectivity index (χ0n) is 16.2. The number of imidazole rings is 1. The van der Waals surface area contributed by atoms with Crippen LogP contribution in [0, 0.1) is 0 Å². The molecule has 28 heavy (non-hydrogen) atoms. The maximum atomic E-state index is 12.2. The Labute approximate surface area is 166 Å². The smallest absolute Gasteiger partial charge is 0.214 e. The zero-order chi connectivity index (χ0) is 19.7. The van der Waals surface area contributed by atoms with Crippen LogP contribution in [0.15, 0.2) is 61.2 Å². The molecule has 3 aromatic rings. The molecule has 1 aliphatic rings. The van der Waals surface area contributed by atoms with Crippen molar-refractivity contribution in [3.63, 3.8) is 0 Å². The van der Waals surface area contributed by atoms with E-state index in [0.717, 1.165) is 19.4 Å². The van der Waals surface area contributed by atoms with Gasteiger partial charge in [-0.15, -0.1) is 0 Å². The van der Waals surface area contributed by atoms with Gasteiger partial charge in [-0.3, -0.25) is 0 Å². The molecule has 0 amide bonds. The van der Waals surface area contributed by atoms with Crippen LogP contribution in [-0.2, 0) is 29.4 Å². The van der Waals surface area contributed by atoms with E-state index in [1.54, 1.807) is 20.0 Å². The first-order valence-electron chi connectivity index (χ1n) is 9.59. The highest BCUT2D eigenvalue weighted by Crippen LogP contribution is 2.29. The molecule has 5 nitrogen and oxygen atoms in total. The van der Waals surface area contributed by atoms with Crippen molar-refractivity contribution in [2.45, 2.75) is 44.5 Å². The molecule has 1 aromatic heterocycles. The summed E-state index contributed by atoms with van der Waals surface area (Å²) in [6, 6.07) is 14.9. The van der Waals surface area contributed by atoms with E-state index in [0.29, 0.717) is 0 Å². The van der Waals surface area contributed by atoms with Gasteiger partial charge < -0.3 is 4.57 Å². The Morgan fingerprint density at radius 3 is 2.64 bits per heavy atom. The number of hydrogen-bond donors (Lipinski definition) is 1. The summed E-state index contributed by atoms with van der Waals surface area (Å²) in [5.41, 5.74) is 6.02. The van der Waals surface area contributed by atoms with Crippen molar-refractivity contribution in [3.05, 3.63) is 77.9 Å². The summed E-state index contributed by atoms with van der Waals surface area (Å²) < 4.78 is 29.3. The molecule has 1 heterocycles. The first kappa shape index (κ1) is 18.9. The zero-order valence-corrected chi connectivity index (χ0v) is 17.0. The Kier molecular flexibility index (Phi) is 5.08. The van der Waals surface area contributed by atoms with Crippen molar-refractivity contribution in [2.24, 2.45) is 0 Å². The van der Waals surface area contributed by atoms with Crippen molar-refractivity contribution in [3.8, 4) is 11.1 Å². The van der Waals surface area contributed by atoms with Gasteiger partial charge in [0.1, 0.15) is 0 Å². The molecular formula is C22H25N3O2S. The quantitative estimate of drug-likeness (QED) is 0.696. The fourth-order valence-electron chi connectivity index (χ4n) is 3.69. The van der Waals surface area contributed by atoms with Crippen LogP contribution < -0.4 is 4.72 Å². The average molecular weight is 396 g/mol. The minimum atomic E-state index is -3.25. The number of benzene rings is 2. The molecule has 0 aliphatic heterocycles. The van der Waals surface area contributed by atoms with Gasteiger partial charge in [0.05, 0.1) is 11.6 Å². The highest BCUT2D eigenvalue weighted by molar-refractivity contribution is 7.90. The van der Waals surface area contributed by atoms with Gasteiger partial charge in [0.2, 0.25) is 10.0 Å². The molecule has 1 unspecified atom stereocenters. The van der Waals surface area contributed by atoms with Crippen LogP contribution in [0.3, 0.4) is 0 Å². The molecule has 0 bridgehead atoms. The van der Waals surface area contributed by atoms with Gasteiger partial charge in [0, 0.05) is 25.0 Å². The number of sulfonamides is 1. The predicted molar refractivity (Wildman–Crippen MR) is 112 cm³/mol. The minimum absolute atomic E-state index is 0.0507. The summed E-state index contributed by atoms with van der Waals surface area (Å²) in [4.78, 5) is 4.10. The van der Waals surface area contributed by atoms with Gasteiger partial charge in [-0.1, -0.05) is 36.4 Å². The number of hydrogen-bond acceptors (Lipinski definition) is 3. The van der Waals surface area contributed by atoms with Crippen LogP contribution in [0.25, 0.3) is 11.1 Å². The van der Waals surface area contributed by atoms with Crippen LogP contribution in [0.1, 0.15) is 30.5 Å². The maximum Gasteiger partial charge on any atom is 0.214 e. The van der Waals surface area contributed by atoms with E-state index in [-0.39, 0.29) is 6.04 Å². The Bertz CT molecular complexity index is 1070. The van der Waals surface area contributed by atoms with Crippen molar-refractivity contribution in [1.82, 2.24) is 14.3 Å². The molecule has 146 valence electrons. The monoisotopic (exact) mass is 395 g/mol. The molecular weight excluding hydrogens is 370 g/mol. The van der Waals surface area contributed by atoms with Crippen LogP contribution >= 0.6 is 0 Å². The van der Waals surface area contributed by atoms with E-state index >= 15 is 0 Å². The second kappa shape index (κ2) is 7.53. The van der Waals surface area contributed by atoms with E-state index in [4.69, 9.17) is 0 Å². The van der Waals surface area contributed by atoms with Crippen molar-refractivity contribution in [1.29, 1.82) is 0 Å². The van der Waals surface area contributed by atoms with E-state index < -0.39 is 15.3 Å². The van der Waals surface area contributed by atoms with Gasteiger partial charge in [-0.2, -0.15) is 0 Å². The number of nitrogens with one attached hydrogen (secondary N) is 1. The lowest BCUT2D eigenvalue weighted by atomic mass is 9.99. The average Bonchev–Trinajstić information content (AvgIpc) is 3.29. The molecule has 0 saturated heterocycles. The topological polar surface area (TPSA) is 64.0 Å². The second-order valence-corrected chi connectivity index (χ2v) is 10.0. The lowest BCUT2D eigenvalue weighted by molar-refractivity contribution is 0.547. The molecule has 0 fully saturated rings. The lowest BCUT2D eigenvalue weighted by Gasteiger charge is -2.14. The van der Waals surface area contributed by atoms with E-state index in [2.05, 4.69) is 52.2 Å². The number of fused-ring (bicyclic) bond motifs is 1. The SMILES string of the molecule is CC(C)S(=O)(=O)NC1Cc2ccc(-c3cccc(Cn4ccnc4)c3)cc2C1. The molecule has 0 saturated carbocycles. The second-order valence-electron chi connectivity index (χ2n) is 7.74. The van der Waals surface area contributed by atoms with Crippen LogP contribution in [0.5, 0.6) is 0 Å². The molecule has 1 aliphatic carbocycles. The summed E-state index contributed by atoms with van der Waals surface area (Å²) in [6.45, 7) is 4.20. The number of aromatic nitrogens is 2. The van der Waals surface area contributed by atoms with Crippen molar-refractivity contribution >= 4 is 10.0 Å². The van der Waals surface area contributed by atoms with E-state index in [1.165, 1.54) is 27.8 Å². The van der Waals surface area contributed by atoms with Crippen molar-refractivity contribution in [2.75, 3.05) is 0 Å². The highest BCUT2D eigenvalue weighted by atomic mass is 32.2. The summed E-state index contributed by atoms with van der Waals surface area (Å²) in [6.07, 6.45) is 7.06. The summed E-state index contributed by atoms with van der Waals surface area (Å²) >= 11 is 0. The molecule has 4 rings (SSSR count). The molecule has 1 atom stereocenters. The van der Waals surface area contributed by atoms with Gasteiger partial charge in [-0.25, -0.2) is 18.1 Å². The third-order valence-electron chi connectivity index (χ3n) is 5.28. The third-order valence-corrected chi connectivity index (χ3v) is 7.18. The molecule has 0 spiro atoms. The number of rotatable bonds is 6. The third kappa shape index (κ3) is 4.03. The largest absolute Gasteiger partial charge is 0.333 e. The highest BCUT2D eigenvalue weighted by Gasteiger charge is 2.27.